The summed E-state index contributed by atoms with van der Waals surface area (Å²) in [4.78, 5) is 3.85. The molecule has 3 heteroatoms. The van der Waals surface area contributed by atoms with E-state index in [0.29, 0.717) is 0 Å². The van der Waals surface area contributed by atoms with Crippen molar-refractivity contribution < 1.29 is 0 Å². The van der Waals surface area contributed by atoms with E-state index >= 15 is 0 Å². The molecule has 0 spiro atoms. The molecule has 0 fully saturated rings. The zero-order valence-electron chi connectivity index (χ0n) is 37.1. The van der Waals surface area contributed by atoms with Gasteiger partial charge in [0.25, 0.3) is 0 Å². The number of aryl methyl sites for hydroxylation is 1. The molecule has 12 rings (SSSR count). The number of allylic oxidation sites excluding steroid dienone is 4. The maximum atomic E-state index is 3.85. The summed E-state index contributed by atoms with van der Waals surface area (Å²) in [5, 5.41) is 7.53. The van der Waals surface area contributed by atoms with Crippen molar-refractivity contribution in [2.45, 2.75) is 54.4 Å². The Morgan fingerprint density at radius 1 is 0.413 bits per heavy atom. The molecular formula is C60H53N3. The highest BCUT2D eigenvalue weighted by Crippen LogP contribution is 2.43. The third kappa shape index (κ3) is 6.58. The first-order chi connectivity index (χ1) is 31.1. The van der Waals surface area contributed by atoms with E-state index in [1.54, 1.807) is 0 Å². The van der Waals surface area contributed by atoms with Crippen molar-refractivity contribution in [3.8, 4) is 27.9 Å². The van der Waals surface area contributed by atoms with Crippen molar-refractivity contribution in [1.29, 1.82) is 0 Å². The second-order valence-corrected chi connectivity index (χ2v) is 16.3. The Morgan fingerprint density at radius 3 is 1.70 bits per heavy atom. The standard InChI is InChI=1S/C56H41N3.2C2H6/c1-35-14-6-7-17-42(35)46-34-41(27-24-36(46)2)59-53-23-13-10-20-45(53)49-31-38(26-29-55(49)59)47-32-39(33-50-43-18-8-11-21-51(43)57-56(47)50)37-25-28-54-48(30-37)44-19-9-12-22-52(44)58(54)40-15-4-3-5-16-40;2*1-2/h3-23,25-26,28-34,57H,24,27H2,1-2H3;2*1-2H3. The predicted molar refractivity (Wildman–Crippen MR) is 274 cm³/mol. The SMILES string of the molecule is CC.CC.CC1=C(c2ccccc2C)C=C(n2c3ccccc3c3cc(-c4cc(-c5ccc6c(c5)c5ccccc5n6-c5ccccc5)cc5c4[nH]c4ccccc45)ccc32)CC1. The molecule has 0 amide bonds. The van der Waals surface area contributed by atoms with Crippen molar-refractivity contribution >= 4 is 76.7 Å². The average molecular weight is 816 g/mol. The number of H-pyrrole nitrogens is 1. The van der Waals surface area contributed by atoms with Crippen LogP contribution < -0.4 is 0 Å². The Kier molecular flexibility index (Phi) is 10.4. The highest BCUT2D eigenvalue weighted by molar-refractivity contribution is 6.17. The van der Waals surface area contributed by atoms with E-state index in [2.05, 4.69) is 210 Å². The largest absolute Gasteiger partial charge is 0.354 e. The van der Waals surface area contributed by atoms with Gasteiger partial charge < -0.3 is 14.1 Å². The van der Waals surface area contributed by atoms with E-state index in [1.807, 2.05) is 27.7 Å². The first-order valence-electron chi connectivity index (χ1n) is 22.7. The lowest BCUT2D eigenvalue weighted by Gasteiger charge is -2.22. The zero-order valence-corrected chi connectivity index (χ0v) is 37.1. The minimum Gasteiger partial charge on any atom is -0.354 e. The number of hydrogen-bond donors (Lipinski definition) is 1. The van der Waals surface area contributed by atoms with E-state index in [-0.39, 0.29) is 0 Å². The van der Waals surface area contributed by atoms with Gasteiger partial charge in [-0.15, -0.1) is 0 Å². The molecule has 1 aliphatic carbocycles. The van der Waals surface area contributed by atoms with Gasteiger partial charge in [0.15, 0.2) is 0 Å². The van der Waals surface area contributed by atoms with Crippen LogP contribution in [0.4, 0.5) is 0 Å². The lowest BCUT2D eigenvalue weighted by atomic mass is 9.89. The third-order valence-electron chi connectivity index (χ3n) is 12.9. The number of nitrogens with one attached hydrogen (secondary N) is 1. The van der Waals surface area contributed by atoms with Crippen LogP contribution in [0.2, 0.25) is 0 Å². The van der Waals surface area contributed by atoms with Crippen LogP contribution in [0.15, 0.2) is 188 Å². The number of aromatic nitrogens is 3. The molecule has 63 heavy (non-hydrogen) atoms. The molecule has 0 unspecified atom stereocenters. The summed E-state index contributed by atoms with van der Waals surface area (Å²) in [5.74, 6) is 0. The lowest BCUT2D eigenvalue weighted by molar-refractivity contribution is 0.932. The minimum atomic E-state index is 1.00. The molecule has 1 aliphatic rings. The molecule has 0 atom stereocenters. The Bertz CT molecular complexity index is 3570. The van der Waals surface area contributed by atoms with Crippen LogP contribution >= 0.6 is 0 Å². The molecule has 0 saturated carbocycles. The fourth-order valence-electron chi connectivity index (χ4n) is 9.97. The number of hydrogen-bond acceptors (Lipinski definition) is 0. The molecule has 0 aliphatic heterocycles. The molecule has 8 aromatic carbocycles. The van der Waals surface area contributed by atoms with E-state index in [9.17, 15) is 0 Å². The number of para-hydroxylation sites is 4. The van der Waals surface area contributed by atoms with E-state index in [4.69, 9.17) is 0 Å². The number of nitrogens with zero attached hydrogens (tertiary/aromatic N) is 2. The van der Waals surface area contributed by atoms with Crippen LogP contribution in [0.25, 0.3) is 105 Å². The predicted octanol–water partition coefficient (Wildman–Crippen LogP) is 17.3. The van der Waals surface area contributed by atoms with E-state index < -0.39 is 0 Å². The van der Waals surface area contributed by atoms with Crippen molar-refractivity contribution in [2.75, 3.05) is 0 Å². The first kappa shape index (κ1) is 39.8. The maximum Gasteiger partial charge on any atom is 0.0544 e. The minimum absolute atomic E-state index is 1.00. The molecule has 308 valence electrons. The fourth-order valence-corrected chi connectivity index (χ4v) is 9.97. The Labute approximate surface area is 370 Å². The maximum absolute atomic E-state index is 3.85. The molecule has 3 aromatic heterocycles. The van der Waals surface area contributed by atoms with E-state index in [0.717, 1.165) is 18.4 Å². The zero-order chi connectivity index (χ0) is 43.2. The van der Waals surface area contributed by atoms with Gasteiger partial charge in [0.2, 0.25) is 0 Å². The fraction of sp³-hybridized carbons (Fsp3) is 0.133. The summed E-state index contributed by atoms with van der Waals surface area (Å²) in [6, 6.07) is 64.8. The molecule has 3 heterocycles. The van der Waals surface area contributed by atoms with Crippen molar-refractivity contribution in [2.24, 2.45) is 0 Å². The van der Waals surface area contributed by atoms with Gasteiger partial charge >= 0.3 is 0 Å². The van der Waals surface area contributed by atoms with Gasteiger partial charge in [0, 0.05) is 54.8 Å². The van der Waals surface area contributed by atoms with Gasteiger partial charge in [-0.05, 0) is 133 Å². The van der Waals surface area contributed by atoms with Gasteiger partial charge in [-0.2, -0.15) is 0 Å². The van der Waals surface area contributed by atoms with Gasteiger partial charge in [-0.25, -0.2) is 0 Å². The molecule has 0 saturated heterocycles. The van der Waals surface area contributed by atoms with Crippen LogP contribution in [0.5, 0.6) is 0 Å². The Balaban J connectivity index is 0.00000115. The molecule has 0 radical (unpaired) electrons. The van der Waals surface area contributed by atoms with Gasteiger partial charge in [-0.1, -0.05) is 142 Å². The molecule has 1 N–H and O–H groups in total. The second-order valence-electron chi connectivity index (χ2n) is 16.3. The highest BCUT2D eigenvalue weighted by Gasteiger charge is 2.21. The summed E-state index contributed by atoms with van der Waals surface area (Å²) in [6.07, 6.45) is 4.50. The molecular weight excluding hydrogens is 763 g/mol. The van der Waals surface area contributed by atoms with Gasteiger partial charge in [0.05, 0.1) is 27.6 Å². The summed E-state index contributed by atoms with van der Waals surface area (Å²) >= 11 is 0. The highest BCUT2D eigenvalue weighted by atomic mass is 15.0. The summed E-state index contributed by atoms with van der Waals surface area (Å²) < 4.78 is 4.91. The Hall–Kier alpha value is -7.36. The van der Waals surface area contributed by atoms with Crippen molar-refractivity contribution in [3.05, 3.63) is 199 Å². The van der Waals surface area contributed by atoms with Crippen molar-refractivity contribution in [1.82, 2.24) is 14.1 Å². The quantitative estimate of drug-likeness (QED) is 0.179. The summed E-state index contributed by atoms with van der Waals surface area (Å²) in [5.41, 5.74) is 20.0. The lowest BCUT2D eigenvalue weighted by Crippen LogP contribution is -2.04. The van der Waals surface area contributed by atoms with Crippen molar-refractivity contribution in [3.63, 3.8) is 0 Å². The smallest absolute Gasteiger partial charge is 0.0544 e. The van der Waals surface area contributed by atoms with E-state index in [1.165, 1.54) is 116 Å². The summed E-state index contributed by atoms with van der Waals surface area (Å²) in [7, 11) is 0. The average Bonchev–Trinajstić information content (AvgIpc) is 4.01. The van der Waals surface area contributed by atoms with Crippen LogP contribution in [-0.4, -0.2) is 14.1 Å². The number of benzene rings is 8. The topological polar surface area (TPSA) is 25.6 Å². The second kappa shape index (κ2) is 16.5. The van der Waals surface area contributed by atoms with Gasteiger partial charge in [-0.3, -0.25) is 0 Å². The van der Waals surface area contributed by atoms with Crippen LogP contribution in [0.3, 0.4) is 0 Å². The van der Waals surface area contributed by atoms with Crippen LogP contribution in [0, 0.1) is 6.92 Å². The van der Waals surface area contributed by atoms with Crippen LogP contribution in [0.1, 0.15) is 58.6 Å². The third-order valence-corrected chi connectivity index (χ3v) is 12.9. The normalized spacial score (nSPS) is 12.8. The number of rotatable bonds is 5. The molecule has 0 bridgehead atoms. The number of fused-ring (bicyclic) bond motifs is 9. The molecule has 3 nitrogen and oxygen atoms in total. The molecule has 11 aromatic rings. The van der Waals surface area contributed by atoms with Crippen LogP contribution in [-0.2, 0) is 0 Å². The first-order valence-corrected chi connectivity index (χ1v) is 22.7. The van der Waals surface area contributed by atoms with Gasteiger partial charge in [0.1, 0.15) is 0 Å². The monoisotopic (exact) mass is 815 g/mol. The summed E-state index contributed by atoms with van der Waals surface area (Å²) in [6.45, 7) is 12.5. The number of aromatic amines is 1. The Morgan fingerprint density at radius 2 is 0.968 bits per heavy atom.